The van der Waals surface area contributed by atoms with Gasteiger partial charge in [0.2, 0.25) is 11.9 Å². The molecule has 2 aromatic rings. The van der Waals surface area contributed by atoms with Crippen LogP contribution in [0.1, 0.15) is 24.1 Å². The van der Waals surface area contributed by atoms with Crippen molar-refractivity contribution < 1.29 is 4.79 Å². The number of hydrogen-bond acceptors (Lipinski definition) is 4. The first-order valence-corrected chi connectivity index (χ1v) is 6.32. The van der Waals surface area contributed by atoms with E-state index in [0.717, 1.165) is 11.1 Å². The van der Waals surface area contributed by atoms with Crippen molar-refractivity contribution in [2.45, 2.75) is 19.9 Å². The zero-order valence-electron chi connectivity index (χ0n) is 11.3. The predicted octanol–water partition coefficient (Wildman–Crippen LogP) is 1.36. The van der Waals surface area contributed by atoms with E-state index in [1.807, 2.05) is 38.1 Å². The van der Waals surface area contributed by atoms with Gasteiger partial charge in [-0.1, -0.05) is 24.3 Å². The first-order valence-electron chi connectivity index (χ1n) is 6.32. The molecule has 0 bridgehead atoms. The van der Waals surface area contributed by atoms with E-state index in [4.69, 9.17) is 5.73 Å². The molecule has 1 aliphatic rings. The van der Waals surface area contributed by atoms with Crippen molar-refractivity contribution in [3.8, 4) is 0 Å². The van der Waals surface area contributed by atoms with E-state index in [1.165, 1.54) is 6.33 Å². The molecule has 20 heavy (non-hydrogen) atoms. The lowest BCUT2D eigenvalue weighted by Gasteiger charge is -2.28. The summed E-state index contributed by atoms with van der Waals surface area (Å²) in [4.78, 5) is 16.0. The average molecular weight is 269 g/mol. The first kappa shape index (κ1) is 12.4. The van der Waals surface area contributed by atoms with Gasteiger partial charge in [-0.05, 0) is 25.0 Å². The van der Waals surface area contributed by atoms with Gasteiger partial charge in [0.25, 0.3) is 0 Å². The number of nitrogens with two attached hydrogens (primary N) is 1. The lowest BCUT2D eigenvalue weighted by atomic mass is 9.92. The van der Waals surface area contributed by atoms with Crippen LogP contribution >= 0.6 is 0 Å². The zero-order valence-corrected chi connectivity index (χ0v) is 11.3. The Hall–Kier alpha value is -2.63. The van der Waals surface area contributed by atoms with Gasteiger partial charge in [0.05, 0.1) is 5.57 Å². The van der Waals surface area contributed by atoms with Crippen molar-refractivity contribution >= 4 is 11.9 Å². The summed E-state index contributed by atoms with van der Waals surface area (Å²) in [6, 6.07) is 7.54. The molecule has 1 aliphatic heterocycles. The smallest absolute Gasteiger partial charge is 0.248 e. The molecule has 6 nitrogen and oxygen atoms in total. The van der Waals surface area contributed by atoms with Gasteiger partial charge >= 0.3 is 0 Å². The Balaban J connectivity index is 2.25. The topological polar surface area (TPSA) is 85.8 Å². The Morgan fingerprint density at radius 3 is 2.80 bits per heavy atom. The fourth-order valence-corrected chi connectivity index (χ4v) is 2.59. The molecular formula is C14H15N5O. The summed E-state index contributed by atoms with van der Waals surface area (Å²) < 4.78 is 1.69. The number of allylic oxidation sites excluding steroid dienone is 1. The number of aromatic nitrogens is 3. The Labute approximate surface area is 116 Å². The summed E-state index contributed by atoms with van der Waals surface area (Å²) >= 11 is 0. The van der Waals surface area contributed by atoms with E-state index in [-0.39, 0.29) is 6.04 Å². The van der Waals surface area contributed by atoms with Gasteiger partial charge in [-0.3, -0.25) is 4.79 Å². The molecule has 102 valence electrons. The van der Waals surface area contributed by atoms with Crippen molar-refractivity contribution in [3.63, 3.8) is 0 Å². The Morgan fingerprint density at radius 1 is 1.35 bits per heavy atom. The summed E-state index contributed by atoms with van der Waals surface area (Å²) in [5.74, 6) is 0.158. The molecule has 0 saturated carbocycles. The monoisotopic (exact) mass is 269 g/mol. The number of benzene rings is 1. The van der Waals surface area contributed by atoms with Crippen LogP contribution in [-0.2, 0) is 4.79 Å². The van der Waals surface area contributed by atoms with Crippen LogP contribution in [0.5, 0.6) is 0 Å². The highest BCUT2D eigenvalue weighted by Crippen LogP contribution is 2.35. The molecule has 0 fully saturated rings. The molecule has 0 saturated heterocycles. The number of hydrogen-bond donors (Lipinski definition) is 2. The molecule has 3 N–H and O–H groups in total. The van der Waals surface area contributed by atoms with Gasteiger partial charge < -0.3 is 11.1 Å². The number of fused-ring (bicyclic) bond motifs is 1. The highest BCUT2D eigenvalue weighted by Gasteiger charge is 2.32. The minimum atomic E-state index is -0.454. The molecule has 0 radical (unpaired) electrons. The number of nitrogens with zero attached hydrogens (tertiary/aromatic N) is 3. The number of carbonyl (C=O) groups excluding carboxylic acids is 1. The van der Waals surface area contributed by atoms with Crippen molar-refractivity contribution in [3.05, 3.63) is 53.0 Å². The predicted molar refractivity (Wildman–Crippen MR) is 74.9 cm³/mol. The summed E-state index contributed by atoms with van der Waals surface area (Å²) in [5, 5.41) is 7.28. The molecule has 0 spiro atoms. The summed E-state index contributed by atoms with van der Waals surface area (Å²) in [7, 11) is 0. The maximum atomic E-state index is 11.9. The maximum Gasteiger partial charge on any atom is 0.248 e. The van der Waals surface area contributed by atoms with Gasteiger partial charge in [-0.25, -0.2) is 4.68 Å². The number of rotatable bonds is 2. The number of amides is 1. The molecular weight excluding hydrogens is 254 g/mol. The van der Waals surface area contributed by atoms with Crippen LogP contribution in [0.25, 0.3) is 0 Å². The molecule has 1 amide bonds. The minimum Gasteiger partial charge on any atom is -0.366 e. The molecule has 1 aromatic heterocycles. The third-order valence-corrected chi connectivity index (χ3v) is 3.54. The number of anilines is 1. The van der Waals surface area contributed by atoms with E-state index in [2.05, 4.69) is 15.4 Å². The number of nitrogens with one attached hydrogen (secondary N) is 1. The number of carbonyl (C=O) groups is 1. The van der Waals surface area contributed by atoms with Crippen LogP contribution in [0.15, 0.2) is 41.9 Å². The Bertz CT molecular complexity index is 716. The minimum absolute atomic E-state index is 0.340. The number of aryl methyl sites for hydroxylation is 1. The number of primary amides is 1. The van der Waals surface area contributed by atoms with Gasteiger partial charge in [0, 0.05) is 5.70 Å². The largest absolute Gasteiger partial charge is 0.366 e. The third-order valence-electron chi connectivity index (χ3n) is 3.54. The maximum absolute atomic E-state index is 11.9. The van der Waals surface area contributed by atoms with E-state index in [1.54, 1.807) is 4.68 Å². The third kappa shape index (κ3) is 1.77. The van der Waals surface area contributed by atoms with Crippen LogP contribution in [0, 0.1) is 6.92 Å². The van der Waals surface area contributed by atoms with Crippen molar-refractivity contribution in [1.82, 2.24) is 14.8 Å². The second-order valence-electron chi connectivity index (χ2n) is 4.82. The summed E-state index contributed by atoms with van der Waals surface area (Å²) in [6.07, 6.45) is 1.46. The Morgan fingerprint density at radius 2 is 2.10 bits per heavy atom. The molecule has 1 aromatic carbocycles. The highest BCUT2D eigenvalue weighted by atomic mass is 16.1. The fraction of sp³-hybridized carbons (Fsp3) is 0.214. The van der Waals surface area contributed by atoms with Crippen LogP contribution < -0.4 is 11.1 Å². The SMILES string of the molecule is CC1=C(C(N)=O)C(c2ccccc2C)n2ncnc2N1. The fourth-order valence-electron chi connectivity index (χ4n) is 2.59. The van der Waals surface area contributed by atoms with Crippen LogP contribution in [-0.4, -0.2) is 20.7 Å². The molecule has 3 rings (SSSR count). The summed E-state index contributed by atoms with van der Waals surface area (Å²) in [6.45, 7) is 3.82. The normalized spacial score (nSPS) is 17.6. The quantitative estimate of drug-likeness (QED) is 0.862. The second kappa shape index (κ2) is 4.48. The first-order chi connectivity index (χ1) is 9.59. The second-order valence-corrected chi connectivity index (χ2v) is 4.82. The van der Waals surface area contributed by atoms with E-state index in [0.29, 0.717) is 17.2 Å². The average Bonchev–Trinajstić information content (AvgIpc) is 2.85. The van der Waals surface area contributed by atoms with Gasteiger partial charge in [0.1, 0.15) is 12.4 Å². The molecule has 2 heterocycles. The van der Waals surface area contributed by atoms with Crippen LogP contribution in [0.3, 0.4) is 0 Å². The molecule has 1 unspecified atom stereocenters. The Kier molecular flexibility index (Phi) is 2.78. The molecule has 1 atom stereocenters. The van der Waals surface area contributed by atoms with Gasteiger partial charge in [0.15, 0.2) is 0 Å². The zero-order chi connectivity index (χ0) is 14.3. The lowest BCUT2D eigenvalue weighted by Crippen LogP contribution is -2.32. The van der Waals surface area contributed by atoms with E-state index >= 15 is 0 Å². The van der Waals surface area contributed by atoms with Crippen LogP contribution in [0.2, 0.25) is 0 Å². The van der Waals surface area contributed by atoms with Crippen molar-refractivity contribution in [1.29, 1.82) is 0 Å². The van der Waals surface area contributed by atoms with Crippen molar-refractivity contribution in [2.24, 2.45) is 5.73 Å². The molecule has 6 heteroatoms. The van der Waals surface area contributed by atoms with Crippen LogP contribution in [0.4, 0.5) is 5.95 Å². The highest BCUT2D eigenvalue weighted by molar-refractivity contribution is 5.95. The van der Waals surface area contributed by atoms with E-state index in [9.17, 15) is 4.79 Å². The lowest BCUT2D eigenvalue weighted by molar-refractivity contribution is -0.115. The molecule has 0 aliphatic carbocycles. The van der Waals surface area contributed by atoms with Gasteiger partial charge in [-0.15, -0.1) is 0 Å². The van der Waals surface area contributed by atoms with Crippen molar-refractivity contribution in [2.75, 3.05) is 5.32 Å². The van der Waals surface area contributed by atoms with E-state index < -0.39 is 5.91 Å². The standard InChI is InChI=1S/C14H15N5O/c1-8-5-3-4-6-10(8)12-11(13(15)20)9(2)18-14-16-7-17-19(12)14/h3-7,12H,1-2H3,(H2,15,20)(H,16,17,18). The van der Waals surface area contributed by atoms with Gasteiger partial charge in [-0.2, -0.15) is 10.1 Å². The summed E-state index contributed by atoms with van der Waals surface area (Å²) in [5.41, 5.74) is 8.86.